The zero-order valence-electron chi connectivity index (χ0n) is 10.4. The summed E-state index contributed by atoms with van der Waals surface area (Å²) < 4.78 is 37.6. The van der Waals surface area contributed by atoms with Gasteiger partial charge >= 0.3 is 6.18 Å². The van der Waals surface area contributed by atoms with Crippen molar-refractivity contribution in [3.63, 3.8) is 0 Å². The highest BCUT2D eigenvalue weighted by atomic mass is 35.5. The maximum atomic E-state index is 11.9. The van der Waals surface area contributed by atoms with Crippen molar-refractivity contribution in [3.05, 3.63) is 35.5 Å². The molecule has 0 aliphatic heterocycles. The van der Waals surface area contributed by atoms with E-state index in [0.717, 1.165) is 10.9 Å². The Labute approximate surface area is 118 Å². The predicted molar refractivity (Wildman–Crippen MR) is 70.6 cm³/mol. The Kier molecular flexibility index (Phi) is 4.23. The van der Waals surface area contributed by atoms with Crippen molar-refractivity contribution >= 4 is 28.4 Å². The highest BCUT2D eigenvalue weighted by Gasteiger charge is 2.27. The molecule has 7 heteroatoms. The number of fused-ring (bicyclic) bond motifs is 1. The van der Waals surface area contributed by atoms with Crippen LogP contribution in [0.25, 0.3) is 10.9 Å². The zero-order chi connectivity index (χ0) is 14.8. The topological polar surface area (TPSA) is 34.0 Å². The number of alkyl halides is 3. The molecule has 0 aliphatic rings. The van der Waals surface area contributed by atoms with Gasteiger partial charge in [-0.25, -0.2) is 0 Å². The maximum absolute atomic E-state index is 11.9. The molecule has 0 fully saturated rings. The van der Waals surface area contributed by atoms with Gasteiger partial charge in [0, 0.05) is 35.1 Å². The number of aromatic nitrogens is 1. The molecule has 1 heterocycles. The molecule has 1 aromatic carbocycles. The quantitative estimate of drug-likeness (QED) is 0.923. The van der Waals surface area contributed by atoms with Crippen LogP contribution in [0.3, 0.4) is 0 Å². The van der Waals surface area contributed by atoms with E-state index in [1.165, 1.54) is 0 Å². The molecule has 0 unspecified atom stereocenters. The summed E-state index contributed by atoms with van der Waals surface area (Å²) in [5, 5.41) is 3.38. The first-order chi connectivity index (χ1) is 9.35. The van der Waals surface area contributed by atoms with Crippen molar-refractivity contribution < 1.29 is 18.0 Å². The van der Waals surface area contributed by atoms with Gasteiger partial charge in [0.2, 0.25) is 5.91 Å². The summed E-state index contributed by atoms with van der Waals surface area (Å²) in [6.45, 7) is -0.983. The lowest BCUT2D eigenvalue weighted by atomic mass is 10.2. The minimum absolute atomic E-state index is 0.0114. The monoisotopic (exact) mass is 304 g/mol. The van der Waals surface area contributed by atoms with Crippen LogP contribution in [0.1, 0.15) is 6.42 Å². The smallest absolute Gasteiger partial charge is 0.347 e. The van der Waals surface area contributed by atoms with Gasteiger partial charge in [0.1, 0.15) is 6.54 Å². The first-order valence-electron chi connectivity index (χ1n) is 5.93. The molecule has 0 radical (unpaired) electrons. The van der Waals surface area contributed by atoms with Gasteiger partial charge in [0.25, 0.3) is 0 Å². The van der Waals surface area contributed by atoms with Crippen molar-refractivity contribution in [2.24, 2.45) is 0 Å². The molecule has 1 N–H and O–H groups in total. The first kappa shape index (κ1) is 14.7. The fraction of sp³-hybridized carbons (Fsp3) is 0.308. The molecule has 20 heavy (non-hydrogen) atoms. The summed E-state index contributed by atoms with van der Waals surface area (Å²) in [6.07, 6.45) is -2.62. The second-order valence-electron chi connectivity index (χ2n) is 4.35. The summed E-state index contributed by atoms with van der Waals surface area (Å²) in [5.74, 6) is -0.627. The molecule has 0 bridgehead atoms. The van der Waals surface area contributed by atoms with E-state index < -0.39 is 18.6 Å². The summed E-state index contributed by atoms with van der Waals surface area (Å²) in [6, 6.07) is 7.17. The molecule has 1 aromatic heterocycles. The lowest BCUT2D eigenvalue weighted by Crippen LogP contribution is -2.34. The highest BCUT2D eigenvalue weighted by Crippen LogP contribution is 2.20. The Morgan fingerprint density at radius 2 is 2.05 bits per heavy atom. The molecule has 108 valence electrons. The van der Waals surface area contributed by atoms with Gasteiger partial charge in [-0.2, -0.15) is 13.2 Å². The summed E-state index contributed by atoms with van der Waals surface area (Å²) in [4.78, 5) is 11.3. The van der Waals surface area contributed by atoms with Gasteiger partial charge in [-0.3, -0.25) is 4.79 Å². The van der Waals surface area contributed by atoms with Gasteiger partial charge in [0.05, 0.1) is 0 Å². The average molecular weight is 305 g/mol. The molecule has 0 saturated heterocycles. The Morgan fingerprint density at radius 3 is 2.75 bits per heavy atom. The van der Waals surface area contributed by atoms with E-state index >= 15 is 0 Å². The Hall–Kier alpha value is -1.69. The largest absolute Gasteiger partial charge is 0.405 e. The number of halogens is 4. The number of carbonyl (C=O) groups excluding carboxylic acids is 1. The SMILES string of the molecule is O=C(CCn1ccc2cc(Cl)ccc21)NCC(F)(F)F. The van der Waals surface area contributed by atoms with Crippen molar-refractivity contribution in [1.29, 1.82) is 0 Å². The number of hydrogen-bond donors (Lipinski definition) is 1. The van der Waals surface area contributed by atoms with E-state index in [-0.39, 0.29) is 6.42 Å². The van der Waals surface area contributed by atoms with E-state index in [1.54, 1.807) is 22.9 Å². The summed E-state index contributed by atoms with van der Waals surface area (Å²) in [7, 11) is 0. The number of carbonyl (C=O) groups is 1. The van der Waals surface area contributed by atoms with Gasteiger partial charge in [-0.15, -0.1) is 0 Å². The van der Waals surface area contributed by atoms with Gasteiger partial charge in [-0.05, 0) is 24.3 Å². The highest BCUT2D eigenvalue weighted by molar-refractivity contribution is 6.31. The number of nitrogens with one attached hydrogen (secondary N) is 1. The molecular formula is C13H12ClF3N2O. The normalized spacial score (nSPS) is 11.8. The third-order valence-corrected chi connectivity index (χ3v) is 3.03. The standard InChI is InChI=1S/C13H12ClF3N2O/c14-10-1-2-11-9(7-10)3-5-19(11)6-4-12(20)18-8-13(15,16)17/h1-3,5,7H,4,6,8H2,(H,18,20). The molecule has 0 saturated carbocycles. The molecule has 0 aliphatic carbocycles. The number of benzene rings is 1. The Bertz CT molecular complexity index is 622. The van der Waals surface area contributed by atoms with Crippen LogP contribution in [-0.2, 0) is 11.3 Å². The Balaban J connectivity index is 1.94. The predicted octanol–water partition coefficient (Wildman–Crippen LogP) is 3.36. The minimum Gasteiger partial charge on any atom is -0.347 e. The second kappa shape index (κ2) is 5.75. The Morgan fingerprint density at radius 1 is 1.30 bits per heavy atom. The first-order valence-corrected chi connectivity index (χ1v) is 6.31. The number of nitrogens with zero attached hydrogens (tertiary/aromatic N) is 1. The van der Waals surface area contributed by atoms with E-state index in [9.17, 15) is 18.0 Å². The zero-order valence-corrected chi connectivity index (χ0v) is 11.1. The number of rotatable bonds is 4. The van der Waals surface area contributed by atoms with Crippen molar-refractivity contribution in [2.75, 3.05) is 6.54 Å². The summed E-state index contributed by atoms with van der Waals surface area (Å²) in [5.41, 5.74) is 0.887. The van der Waals surface area contributed by atoms with Crippen LogP contribution in [0.2, 0.25) is 5.02 Å². The van der Waals surface area contributed by atoms with E-state index in [1.807, 2.05) is 17.4 Å². The number of amides is 1. The molecule has 3 nitrogen and oxygen atoms in total. The lowest BCUT2D eigenvalue weighted by Gasteiger charge is -2.09. The number of aryl methyl sites for hydroxylation is 1. The molecule has 2 aromatic rings. The van der Waals surface area contributed by atoms with Gasteiger partial charge in [0.15, 0.2) is 0 Å². The van der Waals surface area contributed by atoms with Crippen LogP contribution in [0.4, 0.5) is 13.2 Å². The average Bonchev–Trinajstić information content (AvgIpc) is 2.75. The van der Waals surface area contributed by atoms with Gasteiger partial charge < -0.3 is 9.88 Å². The molecular weight excluding hydrogens is 293 g/mol. The van der Waals surface area contributed by atoms with Crippen LogP contribution in [0.15, 0.2) is 30.5 Å². The molecule has 2 rings (SSSR count). The maximum Gasteiger partial charge on any atom is 0.405 e. The van der Waals surface area contributed by atoms with Crippen molar-refractivity contribution in [2.45, 2.75) is 19.1 Å². The third kappa shape index (κ3) is 3.90. The molecule has 0 spiro atoms. The second-order valence-corrected chi connectivity index (χ2v) is 4.79. The fourth-order valence-electron chi connectivity index (χ4n) is 1.88. The van der Waals surface area contributed by atoms with E-state index in [4.69, 9.17) is 11.6 Å². The van der Waals surface area contributed by atoms with Crippen LogP contribution in [0.5, 0.6) is 0 Å². The fourth-order valence-corrected chi connectivity index (χ4v) is 2.06. The van der Waals surface area contributed by atoms with Crippen molar-refractivity contribution in [1.82, 2.24) is 9.88 Å². The van der Waals surface area contributed by atoms with Crippen LogP contribution < -0.4 is 5.32 Å². The molecule has 0 atom stereocenters. The lowest BCUT2D eigenvalue weighted by molar-refractivity contribution is -0.138. The van der Waals surface area contributed by atoms with E-state index in [0.29, 0.717) is 11.6 Å². The van der Waals surface area contributed by atoms with E-state index in [2.05, 4.69) is 0 Å². The molecule has 1 amide bonds. The minimum atomic E-state index is -4.38. The van der Waals surface area contributed by atoms with Crippen LogP contribution in [0, 0.1) is 0 Å². The van der Waals surface area contributed by atoms with Crippen molar-refractivity contribution in [3.8, 4) is 0 Å². The van der Waals surface area contributed by atoms with Crippen LogP contribution in [-0.4, -0.2) is 23.2 Å². The summed E-state index contributed by atoms with van der Waals surface area (Å²) >= 11 is 5.86. The third-order valence-electron chi connectivity index (χ3n) is 2.80. The number of hydrogen-bond acceptors (Lipinski definition) is 1. The van der Waals surface area contributed by atoms with Gasteiger partial charge in [-0.1, -0.05) is 11.6 Å². The van der Waals surface area contributed by atoms with Crippen LogP contribution >= 0.6 is 11.6 Å².